The maximum absolute atomic E-state index is 5.90. The van der Waals surface area contributed by atoms with Crippen LogP contribution in [0.25, 0.3) is 0 Å². The minimum atomic E-state index is 0. The topological polar surface area (TPSA) is 58.1 Å². The molecule has 2 N–H and O–H groups in total. The molecule has 2 heterocycles. The van der Waals surface area contributed by atoms with E-state index in [1.54, 1.807) is 14.2 Å². The zero-order chi connectivity index (χ0) is 13.5. The second-order valence-corrected chi connectivity index (χ2v) is 5.12. The molecule has 2 atom stereocenters. The first-order chi connectivity index (χ1) is 9.33. The number of morpholine rings is 1. The lowest BCUT2D eigenvalue weighted by Crippen LogP contribution is -2.51. The highest BCUT2D eigenvalue weighted by molar-refractivity contribution is 14.0. The summed E-state index contributed by atoms with van der Waals surface area (Å²) in [5, 5.41) is 6.51. The molecule has 0 amide bonds. The number of fused-ring (bicyclic) bond motifs is 1. The summed E-state index contributed by atoms with van der Waals surface area (Å²) in [4.78, 5) is 6.73. The van der Waals surface area contributed by atoms with Crippen LogP contribution in [0.15, 0.2) is 4.99 Å². The monoisotopic (exact) mass is 398 g/mol. The average Bonchev–Trinajstić information content (AvgIpc) is 2.90. The summed E-state index contributed by atoms with van der Waals surface area (Å²) in [5.41, 5.74) is 0. The van der Waals surface area contributed by atoms with Crippen LogP contribution < -0.4 is 10.6 Å². The van der Waals surface area contributed by atoms with E-state index in [0.29, 0.717) is 12.6 Å². The third-order valence-electron chi connectivity index (χ3n) is 3.78. The lowest BCUT2D eigenvalue weighted by atomic mass is 10.2. The van der Waals surface area contributed by atoms with E-state index in [1.807, 2.05) is 0 Å². The number of methoxy groups -OCH3 is 1. The molecule has 6 nitrogen and oxygen atoms in total. The van der Waals surface area contributed by atoms with E-state index in [0.717, 1.165) is 32.2 Å². The van der Waals surface area contributed by atoms with Gasteiger partial charge in [-0.05, 0) is 19.4 Å². The van der Waals surface area contributed by atoms with Crippen molar-refractivity contribution in [2.45, 2.75) is 25.0 Å². The van der Waals surface area contributed by atoms with E-state index in [1.165, 1.54) is 19.4 Å². The van der Waals surface area contributed by atoms with Crippen LogP contribution >= 0.6 is 24.0 Å². The average molecular weight is 398 g/mol. The van der Waals surface area contributed by atoms with Gasteiger partial charge in [0.2, 0.25) is 0 Å². The molecule has 118 valence electrons. The Morgan fingerprint density at radius 2 is 2.30 bits per heavy atom. The predicted octanol–water partition coefficient (Wildman–Crippen LogP) is 0.279. The number of rotatable bonds is 5. The maximum Gasteiger partial charge on any atom is 0.191 e. The van der Waals surface area contributed by atoms with Crippen molar-refractivity contribution in [1.82, 2.24) is 15.5 Å². The van der Waals surface area contributed by atoms with E-state index in [9.17, 15) is 0 Å². The Hall–Kier alpha value is -0.120. The van der Waals surface area contributed by atoms with E-state index in [4.69, 9.17) is 9.47 Å². The van der Waals surface area contributed by atoms with Crippen LogP contribution in [0.3, 0.4) is 0 Å². The van der Waals surface area contributed by atoms with Crippen molar-refractivity contribution in [2.75, 3.05) is 53.6 Å². The molecule has 2 aliphatic rings. The molecule has 7 heteroatoms. The molecule has 0 aromatic heterocycles. The van der Waals surface area contributed by atoms with Gasteiger partial charge in [0.05, 0.1) is 19.3 Å². The second kappa shape index (κ2) is 9.75. The number of nitrogens with one attached hydrogen (secondary N) is 2. The summed E-state index contributed by atoms with van der Waals surface area (Å²) < 4.78 is 10.9. The van der Waals surface area contributed by atoms with Crippen LogP contribution in [-0.2, 0) is 9.47 Å². The molecular weight excluding hydrogens is 371 g/mol. The van der Waals surface area contributed by atoms with E-state index in [-0.39, 0.29) is 30.1 Å². The van der Waals surface area contributed by atoms with Gasteiger partial charge in [0.25, 0.3) is 0 Å². The Labute approximate surface area is 138 Å². The Morgan fingerprint density at radius 3 is 3.05 bits per heavy atom. The van der Waals surface area contributed by atoms with Gasteiger partial charge in [-0.15, -0.1) is 24.0 Å². The molecule has 0 saturated carbocycles. The summed E-state index contributed by atoms with van der Waals surface area (Å²) >= 11 is 0. The minimum Gasteiger partial charge on any atom is -0.383 e. The Balaban J connectivity index is 0.00000200. The molecule has 0 spiro atoms. The summed E-state index contributed by atoms with van der Waals surface area (Å²) in [5.74, 6) is 0.809. The van der Waals surface area contributed by atoms with Crippen LogP contribution in [-0.4, -0.2) is 76.6 Å². The number of nitrogens with zero attached hydrogens (tertiary/aromatic N) is 2. The van der Waals surface area contributed by atoms with E-state index < -0.39 is 0 Å². The Kier molecular flexibility index (Phi) is 8.74. The number of hydrogen-bond acceptors (Lipinski definition) is 4. The van der Waals surface area contributed by atoms with Crippen LogP contribution in [0.5, 0.6) is 0 Å². The molecule has 0 aliphatic carbocycles. The molecule has 2 fully saturated rings. The molecule has 0 bridgehead atoms. The van der Waals surface area contributed by atoms with Gasteiger partial charge in [0.15, 0.2) is 5.96 Å². The fourth-order valence-electron chi connectivity index (χ4n) is 2.71. The molecule has 0 radical (unpaired) electrons. The SMILES string of the molecule is CN=C(NCCOC)NCC1CN2CCCC2CO1.I. The number of guanidine groups is 1. The summed E-state index contributed by atoms with van der Waals surface area (Å²) in [6.07, 6.45) is 2.87. The third kappa shape index (κ3) is 5.34. The van der Waals surface area contributed by atoms with Crippen LogP contribution in [0.1, 0.15) is 12.8 Å². The molecule has 2 aliphatic heterocycles. The molecule has 2 unspecified atom stereocenters. The van der Waals surface area contributed by atoms with Crippen molar-refractivity contribution < 1.29 is 9.47 Å². The number of aliphatic imine (C=N–C) groups is 1. The fourth-order valence-corrected chi connectivity index (χ4v) is 2.71. The van der Waals surface area contributed by atoms with Gasteiger partial charge in [-0.25, -0.2) is 0 Å². The Morgan fingerprint density at radius 1 is 1.45 bits per heavy atom. The highest BCUT2D eigenvalue weighted by Crippen LogP contribution is 2.22. The van der Waals surface area contributed by atoms with E-state index >= 15 is 0 Å². The molecule has 0 aromatic carbocycles. The normalized spacial score (nSPS) is 26.8. The largest absolute Gasteiger partial charge is 0.383 e. The zero-order valence-corrected chi connectivity index (χ0v) is 14.8. The predicted molar refractivity (Wildman–Crippen MR) is 91.0 cm³/mol. The fraction of sp³-hybridized carbons (Fsp3) is 0.923. The number of hydrogen-bond donors (Lipinski definition) is 2. The highest BCUT2D eigenvalue weighted by Gasteiger charge is 2.31. The third-order valence-corrected chi connectivity index (χ3v) is 3.78. The lowest BCUT2D eigenvalue weighted by Gasteiger charge is -2.35. The van der Waals surface area contributed by atoms with Crippen LogP contribution in [0, 0.1) is 0 Å². The smallest absolute Gasteiger partial charge is 0.191 e. The zero-order valence-electron chi connectivity index (χ0n) is 12.4. The Bertz CT molecular complexity index is 304. The molecule has 20 heavy (non-hydrogen) atoms. The van der Waals surface area contributed by atoms with Crippen molar-refractivity contribution in [1.29, 1.82) is 0 Å². The summed E-state index contributed by atoms with van der Waals surface area (Å²) in [7, 11) is 3.47. The molecular formula is C13H27IN4O2. The van der Waals surface area contributed by atoms with Gasteiger partial charge in [-0.3, -0.25) is 9.89 Å². The minimum absolute atomic E-state index is 0. The van der Waals surface area contributed by atoms with Crippen molar-refractivity contribution in [2.24, 2.45) is 4.99 Å². The maximum atomic E-state index is 5.90. The molecule has 2 rings (SSSR count). The number of ether oxygens (including phenoxy) is 2. The van der Waals surface area contributed by atoms with Crippen molar-refractivity contribution >= 4 is 29.9 Å². The van der Waals surface area contributed by atoms with Crippen molar-refractivity contribution in [3.8, 4) is 0 Å². The second-order valence-electron chi connectivity index (χ2n) is 5.12. The first-order valence-corrected chi connectivity index (χ1v) is 7.12. The lowest BCUT2D eigenvalue weighted by molar-refractivity contribution is -0.0453. The van der Waals surface area contributed by atoms with Gasteiger partial charge in [-0.1, -0.05) is 0 Å². The highest BCUT2D eigenvalue weighted by atomic mass is 127. The van der Waals surface area contributed by atoms with Crippen molar-refractivity contribution in [3.63, 3.8) is 0 Å². The quantitative estimate of drug-likeness (QED) is 0.302. The van der Waals surface area contributed by atoms with Crippen molar-refractivity contribution in [3.05, 3.63) is 0 Å². The number of halogens is 1. The summed E-state index contributed by atoms with van der Waals surface area (Å²) in [6.45, 7) is 5.38. The van der Waals surface area contributed by atoms with Gasteiger partial charge in [0.1, 0.15) is 0 Å². The molecule has 0 aromatic rings. The van der Waals surface area contributed by atoms with Gasteiger partial charge in [0, 0.05) is 39.8 Å². The standard InChI is InChI=1S/C13H26N4O2.HI/c1-14-13(15-5-7-18-2)16-8-12-9-17-6-3-4-11(17)10-19-12;/h11-12H,3-10H2,1-2H3,(H2,14,15,16);1H. The van der Waals surface area contributed by atoms with Gasteiger partial charge >= 0.3 is 0 Å². The van der Waals surface area contributed by atoms with Gasteiger partial charge in [-0.2, -0.15) is 0 Å². The van der Waals surface area contributed by atoms with Gasteiger partial charge < -0.3 is 20.1 Å². The summed E-state index contributed by atoms with van der Waals surface area (Å²) in [6, 6.07) is 0.662. The van der Waals surface area contributed by atoms with E-state index in [2.05, 4.69) is 20.5 Å². The van der Waals surface area contributed by atoms with Crippen LogP contribution in [0.2, 0.25) is 0 Å². The van der Waals surface area contributed by atoms with Crippen LogP contribution in [0.4, 0.5) is 0 Å². The first-order valence-electron chi connectivity index (χ1n) is 7.12. The first kappa shape index (κ1) is 17.9. The molecule has 2 saturated heterocycles.